The monoisotopic (exact) mass is 300 g/mol. The number of nitrogens with zero attached hydrogens (tertiary/aromatic N) is 2. The normalized spacial score (nSPS) is 22.0. The number of alkyl halides is 3. The number of rotatable bonds is 2. The Morgan fingerprint density at radius 3 is 2.80 bits per heavy atom. The van der Waals surface area contributed by atoms with E-state index < -0.39 is 17.8 Å². The number of hydrogen-bond acceptors (Lipinski definition) is 3. The second-order valence-electron chi connectivity index (χ2n) is 4.61. The lowest BCUT2D eigenvalue weighted by Gasteiger charge is -2.14. The summed E-state index contributed by atoms with van der Waals surface area (Å²) in [5.41, 5.74) is -0.367. The fourth-order valence-corrected chi connectivity index (χ4v) is 3.54. The standard InChI is InChI=1S/C13H11F3N2OS/c14-13(15,16)8-1-2-10-9(5-8)12(19)11(20-10)6-18-4-3-17-7-18/h1-5,7,11-12,19H,6H2/t11-,12-/m0/s1. The van der Waals surface area contributed by atoms with E-state index in [0.29, 0.717) is 17.0 Å². The third-order valence-corrected chi connectivity index (χ3v) is 4.57. The highest BCUT2D eigenvalue weighted by atomic mass is 32.2. The van der Waals surface area contributed by atoms with Gasteiger partial charge in [-0.25, -0.2) is 4.98 Å². The first-order chi connectivity index (χ1) is 9.45. The van der Waals surface area contributed by atoms with Crippen LogP contribution in [0, 0.1) is 0 Å². The minimum Gasteiger partial charge on any atom is -0.387 e. The molecular formula is C13H11F3N2OS. The fourth-order valence-electron chi connectivity index (χ4n) is 2.23. The summed E-state index contributed by atoms with van der Waals surface area (Å²) in [7, 11) is 0. The van der Waals surface area contributed by atoms with Crippen molar-refractivity contribution >= 4 is 11.8 Å². The van der Waals surface area contributed by atoms with E-state index in [1.165, 1.54) is 17.8 Å². The second kappa shape index (κ2) is 4.82. The Morgan fingerprint density at radius 2 is 2.15 bits per heavy atom. The highest BCUT2D eigenvalue weighted by molar-refractivity contribution is 8.00. The summed E-state index contributed by atoms with van der Waals surface area (Å²) in [4.78, 5) is 4.61. The first-order valence-corrected chi connectivity index (χ1v) is 6.85. The molecule has 3 nitrogen and oxygen atoms in total. The summed E-state index contributed by atoms with van der Waals surface area (Å²) >= 11 is 1.40. The molecule has 1 aromatic carbocycles. The number of thioether (sulfide) groups is 1. The van der Waals surface area contributed by atoms with Gasteiger partial charge in [0.05, 0.1) is 23.2 Å². The van der Waals surface area contributed by atoms with Crippen molar-refractivity contribution in [2.75, 3.05) is 0 Å². The Kier molecular flexibility index (Phi) is 3.25. The van der Waals surface area contributed by atoms with Crippen LogP contribution in [0.4, 0.5) is 13.2 Å². The van der Waals surface area contributed by atoms with E-state index in [-0.39, 0.29) is 5.25 Å². The summed E-state index contributed by atoms with van der Waals surface area (Å²) in [6, 6.07) is 3.53. The zero-order chi connectivity index (χ0) is 14.3. The molecule has 106 valence electrons. The molecule has 2 atom stereocenters. The number of fused-ring (bicyclic) bond motifs is 1. The SMILES string of the molecule is O[C@H]1c2cc(C(F)(F)F)ccc2S[C@H]1Cn1ccnc1. The lowest BCUT2D eigenvalue weighted by Crippen LogP contribution is -2.16. The molecule has 1 aromatic heterocycles. The van der Waals surface area contributed by atoms with Crippen LogP contribution in [0.1, 0.15) is 17.2 Å². The number of aliphatic hydroxyl groups is 1. The molecule has 2 heterocycles. The highest BCUT2D eigenvalue weighted by Crippen LogP contribution is 2.46. The number of hydrogen-bond donors (Lipinski definition) is 1. The van der Waals surface area contributed by atoms with Crippen molar-refractivity contribution in [1.82, 2.24) is 9.55 Å². The average Bonchev–Trinajstić information content (AvgIpc) is 2.98. The van der Waals surface area contributed by atoms with Crippen molar-refractivity contribution in [3.05, 3.63) is 48.0 Å². The van der Waals surface area contributed by atoms with Crippen molar-refractivity contribution in [3.8, 4) is 0 Å². The molecule has 3 rings (SSSR count). The van der Waals surface area contributed by atoms with E-state index in [0.717, 1.165) is 12.1 Å². The molecule has 0 spiro atoms. The minimum absolute atomic E-state index is 0.206. The van der Waals surface area contributed by atoms with Crippen LogP contribution in [0.2, 0.25) is 0 Å². The van der Waals surface area contributed by atoms with Gasteiger partial charge in [-0.05, 0) is 23.8 Å². The Labute approximate surface area is 117 Å². The molecule has 0 aliphatic carbocycles. The van der Waals surface area contributed by atoms with Crippen LogP contribution < -0.4 is 0 Å². The van der Waals surface area contributed by atoms with Gasteiger partial charge in [-0.3, -0.25) is 0 Å². The first kappa shape index (κ1) is 13.5. The van der Waals surface area contributed by atoms with Gasteiger partial charge in [0, 0.05) is 23.8 Å². The van der Waals surface area contributed by atoms with Crippen molar-refractivity contribution in [2.24, 2.45) is 0 Å². The molecule has 0 saturated heterocycles. The van der Waals surface area contributed by atoms with Crippen molar-refractivity contribution in [2.45, 2.75) is 29.0 Å². The van der Waals surface area contributed by atoms with Gasteiger partial charge in [0.25, 0.3) is 0 Å². The lowest BCUT2D eigenvalue weighted by molar-refractivity contribution is -0.137. The molecule has 0 bridgehead atoms. The molecule has 0 amide bonds. The van der Waals surface area contributed by atoms with Crippen LogP contribution in [0.25, 0.3) is 0 Å². The molecular weight excluding hydrogens is 289 g/mol. The summed E-state index contributed by atoms with van der Waals surface area (Å²) < 4.78 is 39.9. The number of imidazole rings is 1. The molecule has 2 aromatic rings. The summed E-state index contributed by atoms with van der Waals surface area (Å²) in [6.07, 6.45) is -0.280. The highest BCUT2D eigenvalue weighted by Gasteiger charge is 2.36. The smallest absolute Gasteiger partial charge is 0.387 e. The van der Waals surface area contributed by atoms with Crippen molar-refractivity contribution in [3.63, 3.8) is 0 Å². The molecule has 20 heavy (non-hydrogen) atoms. The van der Waals surface area contributed by atoms with Crippen LogP contribution in [-0.4, -0.2) is 19.9 Å². The molecule has 1 aliphatic heterocycles. The van der Waals surface area contributed by atoms with Crippen LogP contribution in [0.5, 0.6) is 0 Å². The van der Waals surface area contributed by atoms with Gasteiger partial charge in [-0.15, -0.1) is 11.8 Å². The first-order valence-electron chi connectivity index (χ1n) is 5.97. The van der Waals surface area contributed by atoms with Crippen LogP contribution >= 0.6 is 11.8 Å². The summed E-state index contributed by atoms with van der Waals surface area (Å²) in [6.45, 7) is 0.502. The number of aromatic nitrogens is 2. The van der Waals surface area contributed by atoms with E-state index in [1.807, 2.05) is 0 Å². The van der Waals surface area contributed by atoms with E-state index in [1.54, 1.807) is 23.3 Å². The van der Waals surface area contributed by atoms with Crippen LogP contribution in [0.3, 0.4) is 0 Å². The topological polar surface area (TPSA) is 38.0 Å². The van der Waals surface area contributed by atoms with Gasteiger partial charge >= 0.3 is 6.18 Å². The zero-order valence-corrected chi connectivity index (χ0v) is 11.0. The summed E-state index contributed by atoms with van der Waals surface area (Å²) in [5, 5.41) is 10.0. The van der Waals surface area contributed by atoms with Gasteiger partial charge < -0.3 is 9.67 Å². The average molecular weight is 300 g/mol. The summed E-state index contributed by atoms with van der Waals surface area (Å²) in [5.74, 6) is 0. The predicted octanol–water partition coefficient (Wildman–Crippen LogP) is 3.11. The van der Waals surface area contributed by atoms with Gasteiger partial charge in [-0.1, -0.05) is 0 Å². The van der Waals surface area contributed by atoms with Gasteiger partial charge in [0.15, 0.2) is 0 Å². The molecule has 0 radical (unpaired) electrons. The molecule has 7 heteroatoms. The second-order valence-corrected chi connectivity index (χ2v) is 5.89. The third-order valence-electron chi connectivity index (χ3n) is 3.24. The molecule has 0 unspecified atom stereocenters. The largest absolute Gasteiger partial charge is 0.416 e. The van der Waals surface area contributed by atoms with E-state index in [9.17, 15) is 18.3 Å². The number of halogens is 3. The van der Waals surface area contributed by atoms with Gasteiger partial charge in [0.1, 0.15) is 0 Å². The van der Waals surface area contributed by atoms with E-state index >= 15 is 0 Å². The van der Waals surface area contributed by atoms with Crippen molar-refractivity contribution < 1.29 is 18.3 Å². The molecule has 0 fully saturated rings. The minimum atomic E-state index is -4.39. The van der Waals surface area contributed by atoms with Gasteiger partial charge in [0.2, 0.25) is 0 Å². The number of aliphatic hydroxyl groups excluding tert-OH is 1. The van der Waals surface area contributed by atoms with E-state index in [4.69, 9.17) is 0 Å². The Hall–Kier alpha value is -1.47. The quantitative estimate of drug-likeness (QED) is 0.926. The van der Waals surface area contributed by atoms with Crippen LogP contribution in [0.15, 0.2) is 41.8 Å². The third kappa shape index (κ3) is 2.43. The maximum absolute atomic E-state index is 12.7. The van der Waals surface area contributed by atoms with Crippen LogP contribution in [-0.2, 0) is 12.7 Å². The van der Waals surface area contributed by atoms with Crippen molar-refractivity contribution in [1.29, 1.82) is 0 Å². The fraction of sp³-hybridized carbons (Fsp3) is 0.308. The maximum atomic E-state index is 12.7. The molecule has 0 saturated carbocycles. The zero-order valence-electron chi connectivity index (χ0n) is 10.2. The lowest BCUT2D eigenvalue weighted by atomic mass is 10.0. The number of benzene rings is 1. The maximum Gasteiger partial charge on any atom is 0.416 e. The Morgan fingerprint density at radius 1 is 1.35 bits per heavy atom. The Balaban J connectivity index is 1.85. The Bertz CT molecular complexity index is 613. The van der Waals surface area contributed by atoms with Gasteiger partial charge in [-0.2, -0.15) is 13.2 Å². The predicted molar refractivity (Wildman–Crippen MR) is 68.3 cm³/mol. The molecule has 1 N–H and O–H groups in total. The molecule has 1 aliphatic rings. The van der Waals surface area contributed by atoms with E-state index in [2.05, 4.69) is 4.98 Å².